The van der Waals surface area contributed by atoms with Crippen molar-refractivity contribution >= 4 is 12.0 Å². The van der Waals surface area contributed by atoms with Gasteiger partial charge in [0, 0.05) is 31.9 Å². The van der Waals surface area contributed by atoms with Crippen LogP contribution in [0.25, 0.3) is 6.08 Å². The molecule has 1 aromatic carbocycles. The Balaban J connectivity index is 2.18. The number of benzene rings is 1. The molecule has 0 saturated heterocycles. The van der Waals surface area contributed by atoms with E-state index in [1.807, 2.05) is 43.3 Å². The maximum absolute atomic E-state index is 11.7. The number of aromatic nitrogens is 1. The molecule has 0 spiro atoms. The Labute approximate surface area is 131 Å². The van der Waals surface area contributed by atoms with E-state index in [1.165, 1.54) is 4.90 Å². The van der Waals surface area contributed by atoms with Crippen LogP contribution in [0.3, 0.4) is 0 Å². The second-order valence-electron chi connectivity index (χ2n) is 5.17. The SMILES string of the molecule is Cc1cccc(/C=C/C(=O)N(C)C)c1OCc1ccccn1. The highest BCUT2D eigenvalue weighted by Gasteiger charge is 2.06. The Hall–Kier alpha value is -2.62. The van der Waals surface area contributed by atoms with E-state index in [0.29, 0.717) is 6.61 Å². The molecule has 22 heavy (non-hydrogen) atoms. The summed E-state index contributed by atoms with van der Waals surface area (Å²) in [5, 5.41) is 0. The smallest absolute Gasteiger partial charge is 0.246 e. The summed E-state index contributed by atoms with van der Waals surface area (Å²) in [6.45, 7) is 2.38. The molecule has 0 radical (unpaired) electrons. The van der Waals surface area contributed by atoms with Gasteiger partial charge in [0.1, 0.15) is 12.4 Å². The molecule has 2 rings (SSSR count). The van der Waals surface area contributed by atoms with Crippen LogP contribution in [-0.4, -0.2) is 29.9 Å². The zero-order valence-electron chi connectivity index (χ0n) is 13.1. The highest BCUT2D eigenvalue weighted by atomic mass is 16.5. The normalized spacial score (nSPS) is 10.7. The van der Waals surface area contributed by atoms with Crippen molar-refractivity contribution in [1.29, 1.82) is 0 Å². The minimum atomic E-state index is -0.0582. The lowest BCUT2D eigenvalue weighted by Crippen LogP contribution is -2.18. The zero-order chi connectivity index (χ0) is 15.9. The average Bonchev–Trinajstić information content (AvgIpc) is 2.52. The first-order valence-electron chi connectivity index (χ1n) is 7.09. The lowest BCUT2D eigenvalue weighted by Gasteiger charge is -2.12. The molecule has 0 saturated carbocycles. The number of hydrogen-bond donors (Lipinski definition) is 0. The first kappa shape index (κ1) is 15.8. The fraction of sp³-hybridized carbons (Fsp3) is 0.222. The van der Waals surface area contributed by atoms with Crippen LogP contribution in [0.5, 0.6) is 5.75 Å². The molecular formula is C18H20N2O2. The van der Waals surface area contributed by atoms with Gasteiger partial charge in [-0.15, -0.1) is 0 Å². The molecule has 0 aliphatic rings. The lowest BCUT2D eigenvalue weighted by molar-refractivity contribution is -0.123. The van der Waals surface area contributed by atoms with Gasteiger partial charge < -0.3 is 9.64 Å². The summed E-state index contributed by atoms with van der Waals surface area (Å²) >= 11 is 0. The van der Waals surface area contributed by atoms with E-state index in [1.54, 1.807) is 32.4 Å². The third kappa shape index (κ3) is 4.19. The van der Waals surface area contributed by atoms with Crippen molar-refractivity contribution in [3.05, 3.63) is 65.5 Å². The highest BCUT2D eigenvalue weighted by Crippen LogP contribution is 2.25. The molecule has 0 fully saturated rings. The minimum absolute atomic E-state index is 0.0582. The summed E-state index contributed by atoms with van der Waals surface area (Å²) in [6.07, 6.45) is 5.07. The molecule has 0 aliphatic carbocycles. The molecule has 1 aromatic heterocycles. The topological polar surface area (TPSA) is 42.4 Å². The van der Waals surface area contributed by atoms with Crippen molar-refractivity contribution in [2.45, 2.75) is 13.5 Å². The molecule has 0 bridgehead atoms. The van der Waals surface area contributed by atoms with Crippen molar-refractivity contribution in [2.24, 2.45) is 0 Å². The van der Waals surface area contributed by atoms with E-state index in [2.05, 4.69) is 4.98 Å². The first-order chi connectivity index (χ1) is 10.6. The summed E-state index contributed by atoms with van der Waals surface area (Å²) < 4.78 is 5.91. The van der Waals surface area contributed by atoms with E-state index < -0.39 is 0 Å². The van der Waals surface area contributed by atoms with Crippen molar-refractivity contribution in [3.8, 4) is 5.75 Å². The number of nitrogens with zero attached hydrogens (tertiary/aromatic N) is 2. The Morgan fingerprint density at radius 2 is 2.05 bits per heavy atom. The minimum Gasteiger partial charge on any atom is -0.486 e. The van der Waals surface area contributed by atoms with Gasteiger partial charge in [-0.25, -0.2) is 0 Å². The summed E-state index contributed by atoms with van der Waals surface area (Å²) in [4.78, 5) is 17.5. The van der Waals surface area contributed by atoms with E-state index in [9.17, 15) is 4.79 Å². The van der Waals surface area contributed by atoms with Crippen molar-refractivity contribution < 1.29 is 9.53 Å². The quantitative estimate of drug-likeness (QED) is 0.796. The van der Waals surface area contributed by atoms with Crippen LogP contribution in [0.15, 0.2) is 48.7 Å². The number of hydrogen-bond acceptors (Lipinski definition) is 3. The zero-order valence-corrected chi connectivity index (χ0v) is 13.1. The number of rotatable bonds is 5. The second kappa shape index (κ2) is 7.41. The van der Waals surface area contributed by atoms with Gasteiger partial charge in [-0.05, 0) is 30.7 Å². The number of ether oxygens (including phenoxy) is 1. The number of amides is 1. The third-order valence-electron chi connectivity index (χ3n) is 3.18. The van der Waals surface area contributed by atoms with Crippen molar-refractivity contribution in [1.82, 2.24) is 9.88 Å². The van der Waals surface area contributed by atoms with E-state index >= 15 is 0 Å². The number of aryl methyl sites for hydroxylation is 1. The molecule has 4 heteroatoms. The van der Waals surface area contributed by atoms with Crippen LogP contribution in [-0.2, 0) is 11.4 Å². The number of para-hydroxylation sites is 1. The standard InChI is InChI=1S/C18H20N2O2/c1-14-7-6-8-15(10-11-17(21)20(2)3)18(14)22-13-16-9-4-5-12-19-16/h4-12H,13H2,1-3H3/b11-10+. The van der Waals surface area contributed by atoms with Gasteiger partial charge in [0.25, 0.3) is 0 Å². The fourth-order valence-electron chi connectivity index (χ4n) is 1.94. The number of likely N-dealkylation sites (N-methyl/N-ethyl adjacent to an activating group) is 1. The molecule has 0 N–H and O–H groups in total. The van der Waals surface area contributed by atoms with Gasteiger partial charge >= 0.3 is 0 Å². The average molecular weight is 296 g/mol. The van der Waals surface area contributed by atoms with Crippen LogP contribution < -0.4 is 4.74 Å². The first-order valence-corrected chi connectivity index (χ1v) is 7.09. The Bertz CT molecular complexity index is 664. The van der Waals surface area contributed by atoms with Crippen LogP contribution in [0, 0.1) is 6.92 Å². The summed E-state index contributed by atoms with van der Waals surface area (Å²) in [6, 6.07) is 11.6. The number of carbonyl (C=O) groups excluding carboxylic acids is 1. The molecular weight excluding hydrogens is 276 g/mol. The van der Waals surface area contributed by atoms with Gasteiger partial charge in [-0.3, -0.25) is 9.78 Å². The predicted octanol–water partition coefficient (Wildman–Crippen LogP) is 3.07. The molecule has 1 heterocycles. The predicted molar refractivity (Wildman–Crippen MR) is 87.5 cm³/mol. The monoisotopic (exact) mass is 296 g/mol. The van der Waals surface area contributed by atoms with Crippen molar-refractivity contribution in [2.75, 3.05) is 14.1 Å². The largest absolute Gasteiger partial charge is 0.486 e. The second-order valence-corrected chi connectivity index (χ2v) is 5.17. The maximum atomic E-state index is 11.7. The fourth-order valence-corrected chi connectivity index (χ4v) is 1.94. The maximum Gasteiger partial charge on any atom is 0.246 e. The lowest BCUT2D eigenvalue weighted by atomic mass is 10.1. The summed E-state index contributed by atoms with van der Waals surface area (Å²) in [7, 11) is 3.45. The molecule has 0 atom stereocenters. The van der Waals surface area contributed by atoms with Crippen molar-refractivity contribution in [3.63, 3.8) is 0 Å². The molecule has 4 nitrogen and oxygen atoms in total. The van der Waals surface area contributed by atoms with E-state index in [-0.39, 0.29) is 5.91 Å². The summed E-state index contributed by atoms with van der Waals surface area (Å²) in [5.74, 6) is 0.716. The Morgan fingerprint density at radius 1 is 1.23 bits per heavy atom. The van der Waals surface area contributed by atoms with E-state index in [0.717, 1.165) is 22.6 Å². The van der Waals surface area contributed by atoms with Gasteiger partial charge in [-0.1, -0.05) is 24.3 Å². The van der Waals surface area contributed by atoms with E-state index in [4.69, 9.17) is 4.74 Å². The highest BCUT2D eigenvalue weighted by molar-refractivity contribution is 5.91. The van der Waals surface area contributed by atoms with Gasteiger partial charge in [0.05, 0.1) is 5.69 Å². The molecule has 0 unspecified atom stereocenters. The Morgan fingerprint density at radius 3 is 2.73 bits per heavy atom. The molecule has 114 valence electrons. The van der Waals surface area contributed by atoms with Gasteiger partial charge in [0.2, 0.25) is 5.91 Å². The number of pyridine rings is 1. The number of carbonyl (C=O) groups is 1. The molecule has 2 aromatic rings. The molecule has 1 amide bonds. The van der Waals surface area contributed by atoms with Crippen LogP contribution in [0.4, 0.5) is 0 Å². The van der Waals surface area contributed by atoms with Crippen LogP contribution in [0.2, 0.25) is 0 Å². The third-order valence-corrected chi connectivity index (χ3v) is 3.18. The molecule has 0 aliphatic heterocycles. The van der Waals surface area contributed by atoms with Crippen LogP contribution in [0.1, 0.15) is 16.8 Å². The van der Waals surface area contributed by atoms with Crippen LogP contribution >= 0.6 is 0 Å². The van der Waals surface area contributed by atoms with Gasteiger partial charge in [0.15, 0.2) is 0 Å². The summed E-state index contributed by atoms with van der Waals surface area (Å²) in [5.41, 5.74) is 2.77. The van der Waals surface area contributed by atoms with Gasteiger partial charge in [-0.2, -0.15) is 0 Å². The Kier molecular flexibility index (Phi) is 5.31.